The highest BCUT2D eigenvalue weighted by molar-refractivity contribution is 8.00. The van der Waals surface area contributed by atoms with Gasteiger partial charge in [0.05, 0.1) is 10.7 Å². The Labute approximate surface area is 122 Å². The quantitative estimate of drug-likeness (QED) is 0.933. The van der Waals surface area contributed by atoms with Crippen molar-refractivity contribution in [2.24, 2.45) is 0 Å². The summed E-state index contributed by atoms with van der Waals surface area (Å²) >= 11 is 8.34. The molecule has 5 heteroatoms. The molecule has 2 aromatic rings. The van der Waals surface area contributed by atoms with Crippen molar-refractivity contribution in [3.05, 3.63) is 41.7 Å². The second-order valence-corrected chi connectivity index (χ2v) is 6.69. The minimum atomic E-state index is 0.507. The summed E-state index contributed by atoms with van der Waals surface area (Å²) in [6, 6.07) is 8.35. The lowest BCUT2D eigenvalue weighted by molar-refractivity contribution is 0.744. The van der Waals surface area contributed by atoms with Crippen molar-refractivity contribution in [3.8, 4) is 5.69 Å². The monoisotopic (exact) mass is 293 g/mol. The zero-order valence-electron chi connectivity index (χ0n) is 10.7. The fraction of sp³-hybridized carbons (Fsp3) is 0.357. The van der Waals surface area contributed by atoms with Crippen LogP contribution in [0.5, 0.6) is 0 Å². The molecule has 0 saturated carbocycles. The van der Waals surface area contributed by atoms with E-state index in [9.17, 15) is 0 Å². The van der Waals surface area contributed by atoms with E-state index < -0.39 is 0 Å². The maximum atomic E-state index is 6.33. The van der Waals surface area contributed by atoms with Gasteiger partial charge in [0.25, 0.3) is 0 Å². The van der Waals surface area contributed by atoms with E-state index in [0.29, 0.717) is 11.1 Å². The maximum absolute atomic E-state index is 6.33. The van der Waals surface area contributed by atoms with E-state index >= 15 is 0 Å². The smallest absolute Gasteiger partial charge is 0.106 e. The highest BCUT2D eigenvalue weighted by Gasteiger charge is 2.23. The first-order valence-corrected chi connectivity index (χ1v) is 7.83. The molecule has 1 aromatic heterocycles. The van der Waals surface area contributed by atoms with Crippen LogP contribution in [0.3, 0.4) is 0 Å². The molecule has 1 aromatic carbocycles. The normalized spacial score (nSPS) is 22.6. The summed E-state index contributed by atoms with van der Waals surface area (Å²) in [5.41, 5.74) is 1.98. The van der Waals surface area contributed by atoms with Crippen molar-refractivity contribution in [1.29, 1.82) is 0 Å². The maximum Gasteiger partial charge on any atom is 0.106 e. The second kappa shape index (κ2) is 5.47. The Hall–Kier alpha value is -1.13. The van der Waals surface area contributed by atoms with Gasteiger partial charge >= 0.3 is 0 Å². The van der Waals surface area contributed by atoms with Gasteiger partial charge in [-0.15, -0.1) is 0 Å². The zero-order valence-corrected chi connectivity index (χ0v) is 12.3. The van der Waals surface area contributed by atoms with E-state index in [1.54, 1.807) is 6.20 Å². The molecule has 2 heterocycles. The van der Waals surface area contributed by atoms with Gasteiger partial charge in [-0.2, -0.15) is 16.9 Å². The summed E-state index contributed by atoms with van der Waals surface area (Å²) in [7, 11) is 0. The molecule has 1 aliphatic rings. The van der Waals surface area contributed by atoms with Gasteiger partial charge in [-0.25, -0.2) is 4.68 Å². The van der Waals surface area contributed by atoms with Gasteiger partial charge in [-0.3, -0.25) is 0 Å². The molecule has 100 valence electrons. The van der Waals surface area contributed by atoms with Crippen LogP contribution in [-0.2, 0) is 0 Å². The van der Waals surface area contributed by atoms with Gasteiger partial charge in [-0.05, 0) is 24.6 Å². The second-order valence-electron chi connectivity index (χ2n) is 4.81. The number of thioether (sulfide) groups is 1. The predicted octanol–water partition coefficient (Wildman–Crippen LogP) is 3.83. The van der Waals surface area contributed by atoms with Crippen molar-refractivity contribution < 1.29 is 0 Å². The number of hydrogen-bond acceptors (Lipinski definition) is 3. The number of nitrogens with one attached hydrogen (secondary N) is 1. The molecule has 0 spiro atoms. The van der Waals surface area contributed by atoms with Crippen LogP contribution in [-0.4, -0.2) is 26.8 Å². The third-order valence-electron chi connectivity index (χ3n) is 3.28. The van der Waals surface area contributed by atoms with Gasteiger partial charge in [-0.1, -0.05) is 24.6 Å². The molecule has 3 nitrogen and oxygen atoms in total. The molecule has 0 amide bonds. The van der Waals surface area contributed by atoms with E-state index in [0.717, 1.165) is 22.4 Å². The first-order valence-electron chi connectivity index (χ1n) is 6.40. The summed E-state index contributed by atoms with van der Waals surface area (Å²) in [4.78, 5) is 0. The Kier molecular flexibility index (Phi) is 3.71. The van der Waals surface area contributed by atoms with Gasteiger partial charge in [0.15, 0.2) is 0 Å². The van der Waals surface area contributed by atoms with E-state index in [1.165, 1.54) is 6.42 Å². The highest BCUT2D eigenvalue weighted by atomic mass is 35.5. The summed E-state index contributed by atoms with van der Waals surface area (Å²) in [5.74, 6) is 1.15. The van der Waals surface area contributed by atoms with E-state index in [2.05, 4.69) is 23.4 Å². The Morgan fingerprint density at radius 2 is 2.32 bits per heavy atom. The van der Waals surface area contributed by atoms with Gasteiger partial charge < -0.3 is 5.32 Å². The number of benzene rings is 1. The fourth-order valence-electron chi connectivity index (χ4n) is 2.40. The molecule has 2 atom stereocenters. The Morgan fingerprint density at radius 3 is 3.00 bits per heavy atom. The number of rotatable bonds is 3. The van der Waals surface area contributed by atoms with Crippen molar-refractivity contribution in [2.45, 2.75) is 24.6 Å². The number of aromatic nitrogens is 2. The van der Waals surface area contributed by atoms with Crippen molar-refractivity contribution >= 4 is 29.1 Å². The number of hydrogen-bond donors (Lipinski definition) is 1. The van der Waals surface area contributed by atoms with E-state index in [4.69, 9.17) is 11.6 Å². The topological polar surface area (TPSA) is 29.9 Å². The average Bonchev–Trinajstić information content (AvgIpc) is 3.01. The third-order valence-corrected chi connectivity index (χ3v) is 4.94. The molecular formula is C14H16ClN3S. The van der Waals surface area contributed by atoms with Crippen molar-refractivity contribution in [1.82, 2.24) is 9.78 Å². The Balaban J connectivity index is 1.91. The first-order chi connectivity index (χ1) is 9.24. The Bertz CT molecular complexity index is 556. The van der Waals surface area contributed by atoms with Crippen LogP contribution >= 0.6 is 23.4 Å². The molecule has 3 rings (SSSR count). The number of halogens is 1. The van der Waals surface area contributed by atoms with Gasteiger partial charge in [0, 0.05) is 29.4 Å². The lowest BCUT2D eigenvalue weighted by Gasteiger charge is -2.17. The first kappa shape index (κ1) is 12.9. The Morgan fingerprint density at radius 1 is 1.42 bits per heavy atom. The predicted molar refractivity (Wildman–Crippen MR) is 82.5 cm³/mol. The van der Waals surface area contributed by atoms with Crippen LogP contribution in [0, 0.1) is 0 Å². The molecule has 1 saturated heterocycles. The van der Waals surface area contributed by atoms with Crippen molar-refractivity contribution in [2.75, 3.05) is 11.1 Å². The van der Waals surface area contributed by atoms with Gasteiger partial charge in [0.2, 0.25) is 0 Å². The summed E-state index contributed by atoms with van der Waals surface area (Å²) < 4.78 is 1.82. The molecule has 19 heavy (non-hydrogen) atoms. The third kappa shape index (κ3) is 2.74. The standard InChI is InChI=1S/C14H16ClN3S/c1-10-8-11(9-19-10)17-13-5-2-4-12(15)14(13)18-7-3-6-16-18/h2-7,10-11,17H,8-9H2,1H3. The molecule has 0 radical (unpaired) electrons. The SMILES string of the molecule is CC1CC(Nc2cccc(Cl)c2-n2cccn2)CS1. The van der Waals surface area contributed by atoms with Crippen LogP contribution in [0.1, 0.15) is 13.3 Å². The molecule has 1 aliphatic heterocycles. The molecule has 0 bridgehead atoms. The van der Waals surface area contributed by atoms with Crippen LogP contribution < -0.4 is 5.32 Å². The minimum absolute atomic E-state index is 0.507. The zero-order chi connectivity index (χ0) is 13.2. The number of para-hydroxylation sites is 1. The largest absolute Gasteiger partial charge is 0.380 e. The van der Waals surface area contributed by atoms with Crippen LogP contribution in [0.15, 0.2) is 36.7 Å². The lowest BCUT2D eigenvalue weighted by atomic mass is 10.1. The summed E-state index contributed by atoms with van der Waals surface area (Å²) in [5, 5.41) is 9.33. The molecule has 1 N–H and O–H groups in total. The molecule has 2 unspecified atom stereocenters. The van der Waals surface area contributed by atoms with Crippen molar-refractivity contribution in [3.63, 3.8) is 0 Å². The summed E-state index contributed by atoms with van der Waals surface area (Å²) in [6.45, 7) is 2.28. The van der Waals surface area contributed by atoms with Crippen LogP contribution in [0.2, 0.25) is 5.02 Å². The summed E-state index contributed by atoms with van der Waals surface area (Å²) in [6.07, 6.45) is 4.87. The fourth-order valence-corrected chi connectivity index (χ4v) is 3.81. The lowest BCUT2D eigenvalue weighted by Crippen LogP contribution is -2.20. The average molecular weight is 294 g/mol. The number of nitrogens with zero attached hydrogens (tertiary/aromatic N) is 2. The molecular weight excluding hydrogens is 278 g/mol. The van der Waals surface area contributed by atoms with Crippen LogP contribution in [0.4, 0.5) is 5.69 Å². The minimum Gasteiger partial charge on any atom is -0.380 e. The van der Waals surface area contributed by atoms with Crippen LogP contribution in [0.25, 0.3) is 5.69 Å². The van der Waals surface area contributed by atoms with Gasteiger partial charge in [0.1, 0.15) is 5.69 Å². The van der Waals surface area contributed by atoms with E-state index in [1.807, 2.05) is 40.8 Å². The number of anilines is 1. The highest BCUT2D eigenvalue weighted by Crippen LogP contribution is 2.32. The van der Waals surface area contributed by atoms with E-state index in [-0.39, 0.29) is 0 Å². The molecule has 0 aliphatic carbocycles. The molecule has 1 fully saturated rings.